The molecule has 1 saturated heterocycles. The first kappa shape index (κ1) is 15.3. The maximum atomic E-state index is 11.8. The fraction of sp³-hybridized carbons (Fsp3) is 0.929. The lowest BCUT2D eigenvalue weighted by atomic mass is 9.85. The number of hydrogen-bond acceptors (Lipinski definition) is 3. The molecule has 106 valence electrons. The molecule has 1 aliphatic heterocycles. The van der Waals surface area contributed by atoms with Crippen LogP contribution in [0.3, 0.4) is 0 Å². The molecule has 1 heterocycles. The predicted octanol–water partition coefficient (Wildman–Crippen LogP) is 2.68. The topological polar surface area (TPSA) is 50.4 Å². The zero-order valence-corrected chi connectivity index (χ0v) is 12.4. The van der Waals surface area contributed by atoms with E-state index in [4.69, 9.17) is 4.74 Å². The molecule has 0 atom stereocenters. The van der Waals surface area contributed by atoms with Gasteiger partial charge in [-0.3, -0.25) is 0 Å². The van der Waals surface area contributed by atoms with Crippen molar-refractivity contribution in [3.63, 3.8) is 0 Å². The van der Waals surface area contributed by atoms with E-state index in [-0.39, 0.29) is 11.6 Å². The first-order chi connectivity index (χ1) is 8.18. The first-order valence-electron chi connectivity index (χ1n) is 6.90. The highest BCUT2D eigenvalue weighted by Crippen LogP contribution is 2.24. The van der Waals surface area contributed by atoms with Gasteiger partial charge in [0.15, 0.2) is 0 Å². The third-order valence-corrected chi connectivity index (χ3v) is 3.10. The smallest absolute Gasteiger partial charge is 0.408 e. The zero-order valence-electron chi connectivity index (χ0n) is 12.4. The van der Waals surface area contributed by atoms with E-state index >= 15 is 0 Å². The van der Waals surface area contributed by atoms with Crippen molar-refractivity contribution in [2.45, 2.75) is 65.0 Å². The van der Waals surface area contributed by atoms with E-state index in [2.05, 4.69) is 24.5 Å². The molecule has 18 heavy (non-hydrogen) atoms. The van der Waals surface area contributed by atoms with Crippen molar-refractivity contribution in [1.82, 2.24) is 10.6 Å². The monoisotopic (exact) mass is 256 g/mol. The molecular formula is C14H28N2O2. The summed E-state index contributed by atoms with van der Waals surface area (Å²) in [6.45, 7) is 12.0. The number of carbonyl (C=O) groups excluding carboxylic acids is 1. The number of rotatable bonds is 3. The maximum absolute atomic E-state index is 11.8. The van der Waals surface area contributed by atoms with Crippen molar-refractivity contribution < 1.29 is 9.53 Å². The Hall–Kier alpha value is -0.770. The fourth-order valence-electron chi connectivity index (χ4n) is 2.44. The molecular weight excluding hydrogens is 228 g/mol. The van der Waals surface area contributed by atoms with Gasteiger partial charge in [-0.25, -0.2) is 4.79 Å². The standard InChI is InChI=1S/C14H28N2O2/c1-13(2,3)18-12(17)16-14(4,5)10-11-6-8-15-9-7-11/h11,15H,6-10H2,1-5H3,(H,16,17). The van der Waals surface area contributed by atoms with Crippen LogP contribution in [-0.2, 0) is 4.74 Å². The molecule has 1 amide bonds. The Balaban J connectivity index is 2.40. The minimum absolute atomic E-state index is 0.204. The van der Waals surface area contributed by atoms with Gasteiger partial charge in [-0.05, 0) is 72.9 Å². The van der Waals surface area contributed by atoms with Gasteiger partial charge in [0, 0.05) is 5.54 Å². The van der Waals surface area contributed by atoms with Crippen molar-refractivity contribution in [2.75, 3.05) is 13.1 Å². The van der Waals surface area contributed by atoms with Crippen molar-refractivity contribution in [2.24, 2.45) is 5.92 Å². The van der Waals surface area contributed by atoms with Crippen LogP contribution in [0, 0.1) is 5.92 Å². The van der Waals surface area contributed by atoms with E-state index in [1.165, 1.54) is 12.8 Å². The van der Waals surface area contributed by atoms with Crippen LogP contribution in [0.2, 0.25) is 0 Å². The van der Waals surface area contributed by atoms with Crippen molar-refractivity contribution >= 4 is 6.09 Å². The van der Waals surface area contributed by atoms with Crippen LogP contribution < -0.4 is 10.6 Å². The number of amides is 1. The number of hydrogen-bond donors (Lipinski definition) is 2. The Kier molecular flexibility index (Phi) is 5.02. The van der Waals surface area contributed by atoms with Crippen LogP contribution in [0.1, 0.15) is 53.9 Å². The van der Waals surface area contributed by atoms with E-state index in [1.807, 2.05) is 20.8 Å². The molecule has 0 aromatic carbocycles. The second-order valence-corrected chi connectivity index (χ2v) is 6.91. The highest BCUT2D eigenvalue weighted by molar-refractivity contribution is 5.68. The van der Waals surface area contributed by atoms with Gasteiger partial charge in [-0.1, -0.05) is 0 Å². The van der Waals surface area contributed by atoms with Crippen molar-refractivity contribution in [1.29, 1.82) is 0 Å². The molecule has 0 bridgehead atoms. The summed E-state index contributed by atoms with van der Waals surface area (Å²) in [5.41, 5.74) is -0.640. The third-order valence-electron chi connectivity index (χ3n) is 3.10. The second kappa shape index (κ2) is 5.91. The lowest BCUT2D eigenvalue weighted by Crippen LogP contribution is -2.47. The number of nitrogens with one attached hydrogen (secondary N) is 2. The number of carbonyl (C=O) groups is 1. The summed E-state index contributed by atoms with van der Waals surface area (Å²) >= 11 is 0. The van der Waals surface area contributed by atoms with Gasteiger partial charge in [0.1, 0.15) is 5.60 Å². The molecule has 0 unspecified atom stereocenters. The summed E-state index contributed by atoms with van der Waals surface area (Å²) < 4.78 is 5.30. The Morgan fingerprint density at radius 2 is 1.78 bits per heavy atom. The summed E-state index contributed by atoms with van der Waals surface area (Å²) in [5, 5.41) is 6.34. The van der Waals surface area contributed by atoms with Crippen LogP contribution in [0.25, 0.3) is 0 Å². The minimum Gasteiger partial charge on any atom is -0.444 e. The molecule has 1 aliphatic rings. The fourth-order valence-corrected chi connectivity index (χ4v) is 2.44. The van der Waals surface area contributed by atoms with Gasteiger partial charge in [0.2, 0.25) is 0 Å². The van der Waals surface area contributed by atoms with Crippen molar-refractivity contribution in [3.05, 3.63) is 0 Å². The van der Waals surface area contributed by atoms with Gasteiger partial charge in [-0.2, -0.15) is 0 Å². The highest BCUT2D eigenvalue weighted by atomic mass is 16.6. The molecule has 0 aromatic rings. The molecule has 1 fully saturated rings. The van der Waals surface area contributed by atoms with Crippen molar-refractivity contribution in [3.8, 4) is 0 Å². The van der Waals surface area contributed by atoms with Gasteiger partial charge in [-0.15, -0.1) is 0 Å². The average molecular weight is 256 g/mol. The summed E-state index contributed by atoms with van der Waals surface area (Å²) in [4.78, 5) is 11.8. The van der Waals surface area contributed by atoms with E-state index in [0.29, 0.717) is 5.92 Å². The first-order valence-corrected chi connectivity index (χ1v) is 6.90. The number of alkyl carbamates (subject to hydrolysis) is 1. The normalized spacial score (nSPS) is 18.5. The van der Waals surface area contributed by atoms with Gasteiger partial charge < -0.3 is 15.4 Å². The van der Waals surface area contributed by atoms with E-state index < -0.39 is 5.60 Å². The number of ether oxygens (including phenoxy) is 1. The van der Waals surface area contributed by atoms with Gasteiger partial charge >= 0.3 is 6.09 Å². The molecule has 2 N–H and O–H groups in total. The Labute approximate surface area is 111 Å². The maximum Gasteiger partial charge on any atom is 0.408 e. The number of piperidine rings is 1. The third kappa shape index (κ3) is 6.24. The molecule has 0 aromatic heterocycles. The molecule has 0 aliphatic carbocycles. The van der Waals surface area contributed by atoms with E-state index in [1.54, 1.807) is 0 Å². The largest absolute Gasteiger partial charge is 0.444 e. The van der Waals surface area contributed by atoms with Crippen LogP contribution in [0.15, 0.2) is 0 Å². The van der Waals surface area contributed by atoms with Crippen LogP contribution in [0.4, 0.5) is 4.79 Å². The minimum atomic E-state index is -0.436. The molecule has 0 radical (unpaired) electrons. The second-order valence-electron chi connectivity index (χ2n) is 6.91. The van der Waals surface area contributed by atoms with E-state index in [9.17, 15) is 4.79 Å². The summed E-state index contributed by atoms with van der Waals surface area (Å²) in [6.07, 6.45) is 3.08. The van der Waals surface area contributed by atoms with Gasteiger partial charge in [0.05, 0.1) is 0 Å². The van der Waals surface area contributed by atoms with Crippen LogP contribution >= 0.6 is 0 Å². The Morgan fingerprint density at radius 3 is 2.28 bits per heavy atom. The molecule has 1 rings (SSSR count). The SMILES string of the molecule is CC(C)(CC1CCNCC1)NC(=O)OC(C)(C)C. The Morgan fingerprint density at radius 1 is 1.22 bits per heavy atom. The van der Waals surface area contributed by atoms with Gasteiger partial charge in [0.25, 0.3) is 0 Å². The lowest BCUT2D eigenvalue weighted by molar-refractivity contribution is 0.0456. The molecule has 0 spiro atoms. The van der Waals surface area contributed by atoms with E-state index in [0.717, 1.165) is 19.5 Å². The summed E-state index contributed by atoms with van der Waals surface area (Å²) in [6, 6.07) is 0. The zero-order chi connectivity index (χ0) is 13.8. The van der Waals surface area contributed by atoms with Crippen LogP contribution in [0.5, 0.6) is 0 Å². The molecule has 0 saturated carbocycles. The quantitative estimate of drug-likeness (QED) is 0.816. The lowest BCUT2D eigenvalue weighted by Gasteiger charge is -2.33. The molecule has 4 nitrogen and oxygen atoms in total. The predicted molar refractivity (Wildman–Crippen MR) is 73.7 cm³/mol. The van der Waals surface area contributed by atoms with Crippen LogP contribution in [-0.4, -0.2) is 30.3 Å². The summed E-state index contributed by atoms with van der Waals surface area (Å²) in [5.74, 6) is 0.691. The Bertz CT molecular complexity index is 276. The summed E-state index contributed by atoms with van der Waals surface area (Å²) in [7, 11) is 0. The molecule has 4 heteroatoms. The average Bonchev–Trinajstić information content (AvgIpc) is 2.13. The highest BCUT2D eigenvalue weighted by Gasteiger charge is 2.28.